The van der Waals surface area contributed by atoms with E-state index < -0.39 is 11.2 Å². The molecule has 1 atom stereocenters. The maximum Gasteiger partial charge on any atom is 0.230 e. The number of hydrogen-bond acceptors (Lipinski definition) is 5. The van der Waals surface area contributed by atoms with E-state index in [4.69, 9.17) is 16.3 Å². The number of benzene rings is 1. The quantitative estimate of drug-likeness (QED) is 0.825. The maximum absolute atomic E-state index is 12.7. The highest BCUT2D eigenvalue weighted by Gasteiger charge is 2.41. The monoisotopic (exact) mass is 358 g/mol. The van der Waals surface area contributed by atoms with E-state index in [1.54, 1.807) is 6.21 Å². The third-order valence-electron chi connectivity index (χ3n) is 5.14. The SMILES string of the molecule is O=C1CC2(CCNCC2)Oc2ccc(C3=CC(C(=O)Cl)CN=C3)cc21. The van der Waals surface area contributed by atoms with Crippen LogP contribution in [0.25, 0.3) is 5.57 Å². The number of dihydropyridines is 1. The predicted octanol–water partition coefficient (Wildman–Crippen LogP) is 2.62. The van der Waals surface area contributed by atoms with Crippen molar-refractivity contribution in [3.63, 3.8) is 0 Å². The van der Waals surface area contributed by atoms with Gasteiger partial charge in [-0.05, 0) is 48.0 Å². The molecule has 3 aliphatic rings. The highest BCUT2D eigenvalue weighted by molar-refractivity contribution is 6.64. The number of hydrogen-bond donors (Lipinski definition) is 1. The number of Topliss-reactive ketones (excluding diaryl/α,β-unsaturated/α-hetero) is 1. The van der Waals surface area contributed by atoms with Crippen LogP contribution in [0.4, 0.5) is 0 Å². The summed E-state index contributed by atoms with van der Waals surface area (Å²) in [5.74, 6) is 0.353. The van der Waals surface area contributed by atoms with Crippen LogP contribution in [0.5, 0.6) is 5.75 Å². The summed E-state index contributed by atoms with van der Waals surface area (Å²) in [5.41, 5.74) is 1.90. The number of fused-ring (bicyclic) bond motifs is 1. The van der Waals surface area contributed by atoms with Gasteiger partial charge in [-0.15, -0.1) is 0 Å². The van der Waals surface area contributed by atoms with Crippen molar-refractivity contribution in [2.24, 2.45) is 10.9 Å². The lowest BCUT2D eigenvalue weighted by Crippen LogP contribution is -2.49. The van der Waals surface area contributed by atoms with E-state index in [-0.39, 0.29) is 11.4 Å². The van der Waals surface area contributed by atoms with E-state index in [2.05, 4.69) is 10.3 Å². The first-order valence-corrected chi connectivity index (χ1v) is 8.92. The summed E-state index contributed by atoms with van der Waals surface area (Å²) in [5, 5.41) is 2.89. The first kappa shape index (κ1) is 16.5. The molecule has 0 aliphatic carbocycles. The number of piperidine rings is 1. The van der Waals surface area contributed by atoms with Gasteiger partial charge < -0.3 is 10.1 Å². The molecule has 4 rings (SSSR count). The fourth-order valence-electron chi connectivity index (χ4n) is 3.72. The number of ketones is 1. The molecule has 6 heteroatoms. The Balaban J connectivity index is 1.65. The van der Waals surface area contributed by atoms with Crippen molar-refractivity contribution in [3.05, 3.63) is 35.4 Å². The summed E-state index contributed by atoms with van der Waals surface area (Å²) in [6.45, 7) is 2.12. The number of carbonyl (C=O) groups excluding carboxylic acids is 2. The van der Waals surface area contributed by atoms with Gasteiger partial charge in [0.1, 0.15) is 11.4 Å². The molecule has 1 spiro atoms. The number of allylic oxidation sites excluding steroid dienone is 1. The smallest absolute Gasteiger partial charge is 0.230 e. The predicted molar refractivity (Wildman–Crippen MR) is 96.5 cm³/mol. The zero-order chi connectivity index (χ0) is 17.4. The summed E-state index contributed by atoms with van der Waals surface area (Å²) < 4.78 is 6.24. The number of nitrogens with one attached hydrogen (secondary N) is 1. The van der Waals surface area contributed by atoms with Crippen LogP contribution in [0.2, 0.25) is 0 Å². The van der Waals surface area contributed by atoms with Gasteiger partial charge in [-0.25, -0.2) is 0 Å². The second-order valence-corrected chi connectivity index (χ2v) is 7.25. The molecular weight excluding hydrogens is 340 g/mol. The van der Waals surface area contributed by atoms with Crippen LogP contribution in [-0.2, 0) is 4.79 Å². The van der Waals surface area contributed by atoms with E-state index in [0.29, 0.717) is 24.3 Å². The molecule has 1 aromatic carbocycles. The molecule has 1 N–H and O–H groups in total. The molecule has 0 aromatic heterocycles. The molecule has 0 saturated carbocycles. The van der Waals surface area contributed by atoms with E-state index in [0.717, 1.165) is 37.1 Å². The molecule has 0 bridgehead atoms. The summed E-state index contributed by atoms with van der Waals surface area (Å²) in [6, 6.07) is 5.60. The Kier molecular flexibility index (Phi) is 4.21. The normalized spacial score (nSPS) is 24.4. The van der Waals surface area contributed by atoms with Crippen molar-refractivity contribution >= 4 is 34.4 Å². The average Bonchev–Trinajstić information content (AvgIpc) is 2.62. The minimum absolute atomic E-state index is 0.114. The van der Waals surface area contributed by atoms with Gasteiger partial charge in [-0.3, -0.25) is 14.6 Å². The summed E-state index contributed by atoms with van der Waals surface area (Å²) in [4.78, 5) is 28.4. The van der Waals surface area contributed by atoms with Crippen LogP contribution >= 0.6 is 11.6 Å². The topological polar surface area (TPSA) is 67.8 Å². The molecular formula is C19H19ClN2O3. The lowest BCUT2D eigenvalue weighted by atomic mass is 9.82. The standard InChI is InChI=1S/C19H19ClN2O3/c20-18(24)14-7-13(10-22-11-14)12-1-2-17-15(8-12)16(23)9-19(25-17)3-5-21-6-4-19/h1-2,7-8,10,14,21H,3-6,9,11H2. The Hall–Kier alpha value is -1.98. The van der Waals surface area contributed by atoms with Gasteiger partial charge in [0, 0.05) is 19.1 Å². The van der Waals surface area contributed by atoms with Crippen molar-refractivity contribution in [2.75, 3.05) is 19.6 Å². The number of carbonyl (C=O) groups is 2. The van der Waals surface area contributed by atoms with Crippen LogP contribution in [0.1, 0.15) is 35.2 Å². The van der Waals surface area contributed by atoms with Gasteiger partial charge in [-0.1, -0.05) is 12.1 Å². The van der Waals surface area contributed by atoms with Crippen molar-refractivity contribution in [1.82, 2.24) is 5.32 Å². The van der Waals surface area contributed by atoms with Crippen molar-refractivity contribution in [1.29, 1.82) is 0 Å². The van der Waals surface area contributed by atoms with E-state index in [9.17, 15) is 9.59 Å². The molecule has 3 aliphatic heterocycles. The largest absolute Gasteiger partial charge is 0.486 e. The van der Waals surface area contributed by atoms with Gasteiger partial charge in [0.25, 0.3) is 0 Å². The number of rotatable bonds is 2. The Morgan fingerprint density at radius 2 is 2.12 bits per heavy atom. The highest BCUT2D eigenvalue weighted by atomic mass is 35.5. The first-order valence-electron chi connectivity index (χ1n) is 8.55. The number of aliphatic imine (C=N–C) groups is 1. The Labute approximate surface area is 151 Å². The molecule has 1 aromatic rings. The van der Waals surface area contributed by atoms with E-state index >= 15 is 0 Å². The van der Waals surface area contributed by atoms with Crippen molar-refractivity contribution in [3.8, 4) is 5.75 Å². The van der Waals surface area contributed by atoms with Crippen LogP contribution in [-0.4, -0.2) is 42.5 Å². The number of ether oxygens (including phenoxy) is 1. The van der Waals surface area contributed by atoms with Gasteiger partial charge >= 0.3 is 0 Å². The van der Waals surface area contributed by atoms with Crippen LogP contribution in [0.15, 0.2) is 29.3 Å². The Morgan fingerprint density at radius 3 is 2.88 bits per heavy atom. The molecule has 1 saturated heterocycles. The zero-order valence-corrected chi connectivity index (χ0v) is 14.5. The van der Waals surface area contributed by atoms with Gasteiger partial charge in [0.05, 0.1) is 24.4 Å². The van der Waals surface area contributed by atoms with Crippen molar-refractivity contribution in [2.45, 2.75) is 24.9 Å². The average molecular weight is 359 g/mol. The molecule has 3 heterocycles. The highest BCUT2D eigenvalue weighted by Crippen LogP contribution is 2.39. The Morgan fingerprint density at radius 1 is 1.32 bits per heavy atom. The lowest BCUT2D eigenvalue weighted by molar-refractivity contribution is -0.113. The minimum atomic E-state index is -0.417. The van der Waals surface area contributed by atoms with E-state index in [1.165, 1.54) is 0 Å². The molecule has 0 radical (unpaired) electrons. The second kappa shape index (κ2) is 6.39. The molecule has 130 valence electrons. The Bertz CT molecular complexity index is 794. The van der Waals surface area contributed by atoms with E-state index in [1.807, 2.05) is 24.3 Å². The molecule has 5 nitrogen and oxygen atoms in total. The molecule has 25 heavy (non-hydrogen) atoms. The van der Waals surface area contributed by atoms with Gasteiger partial charge in [0.2, 0.25) is 5.24 Å². The number of nitrogens with zero attached hydrogens (tertiary/aromatic N) is 1. The van der Waals surface area contributed by atoms with Crippen LogP contribution in [0, 0.1) is 5.92 Å². The minimum Gasteiger partial charge on any atom is -0.486 e. The summed E-state index contributed by atoms with van der Waals surface area (Å²) in [7, 11) is 0. The fraction of sp³-hybridized carbons (Fsp3) is 0.421. The van der Waals surface area contributed by atoms with Crippen LogP contribution in [0.3, 0.4) is 0 Å². The third-order valence-corrected chi connectivity index (χ3v) is 5.42. The number of halogens is 1. The second-order valence-electron chi connectivity index (χ2n) is 6.87. The van der Waals surface area contributed by atoms with Gasteiger partial charge in [0.15, 0.2) is 5.78 Å². The summed E-state index contributed by atoms with van der Waals surface area (Å²) >= 11 is 5.59. The maximum atomic E-state index is 12.7. The molecule has 1 unspecified atom stereocenters. The summed E-state index contributed by atoms with van der Waals surface area (Å²) in [6.07, 6.45) is 5.64. The van der Waals surface area contributed by atoms with Crippen molar-refractivity contribution < 1.29 is 14.3 Å². The third kappa shape index (κ3) is 3.14. The zero-order valence-electron chi connectivity index (χ0n) is 13.8. The molecule has 0 amide bonds. The molecule has 1 fully saturated rings. The fourth-order valence-corrected chi connectivity index (χ4v) is 3.85. The first-order chi connectivity index (χ1) is 12.1. The lowest BCUT2D eigenvalue weighted by Gasteiger charge is -2.41. The van der Waals surface area contributed by atoms with Crippen LogP contribution < -0.4 is 10.1 Å². The van der Waals surface area contributed by atoms with Gasteiger partial charge in [-0.2, -0.15) is 0 Å².